The van der Waals surface area contributed by atoms with Crippen LogP contribution in [-0.4, -0.2) is 71.2 Å². The second-order valence-corrected chi connectivity index (χ2v) is 7.45. The molecule has 8 heteroatoms. The van der Waals surface area contributed by atoms with Crippen LogP contribution in [0.2, 0.25) is 0 Å². The zero-order valence-electron chi connectivity index (χ0n) is 16.6. The van der Waals surface area contributed by atoms with Gasteiger partial charge in [-0.15, -0.1) is 0 Å². The van der Waals surface area contributed by atoms with Crippen molar-refractivity contribution in [3.63, 3.8) is 0 Å². The van der Waals surface area contributed by atoms with Crippen molar-refractivity contribution in [1.82, 2.24) is 24.8 Å². The Balaban J connectivity index is 1.43. The molecule has 2 aliphatic heterocycles. The summed E-state index contributed by atoms with van der Waals surface area (Å²) in [7, 11) is 1.62. The van der Waals surface area contributed by atoms with Gasteiger partial charge in [0.2, 0.25) is 11.9 Å². The fourth-order valence-electron chi connectivity index (χ4n) is 3.84. The number of ether oxygens (including phenoxy) is 1. The van der Waals surface area contributed by atoms with E-state index >= 15 is 0 Å². The maximum atomic E-state index is 5.38. The second kappa shape index (κ2) is 9.14. The van der Waals surface area contributed by atoms with Crippen LogP contribution in [0.4, 0.5) is 11.9 Å². The molecule has 2 aromatic heterocycles. The van der Waals surface area contributed by atoms with Gasteiger partial charge in [0.1, 0.15) is 0 Å². The molecule has 150 valence electrons. The number of rotatable bonds is 5. The quantitative estimate of drug-likeness (QED) is 0.776. The van der Waals surface area contributed by atoms with E-state index in [1.54, 1.807) is 7.11 Å². The molecule has 0 aromatic carbocycles. The molecule has 0 aliphatic carbocycles. The van der Waals surface area contributed by atoms with Crippen molar-refractivity contribution in [2.45, 2.75) is 32.2 Å². The molecule has 0 amide bonds. The molecule has 0 unspecified atom stereocenters. The lowest BCUT2D eigenvalue weighted by Crippen LogP contribution is -2.46. The molecule has 2 fully saturated rings. The molecule has 2 aromatic rings. The molecule has 8 nitrogen and oxygen atoms in total. The summed E-state index contributed by atoms with van der Waals surface area (Å²) in [6.07, 6.45) is 8.70. The van der Waals surface area contributed by atoms with Crippen LogP contribution in [0, 0.1) is 0 Å². The average Bonchev–Trinajstić information content (AvgIpc) is 3.04. The third kappa shape index (κ3) is 4.67. The van der Waals surface area contributed by atoms with Gasteiger partial charge >= 0.3 is 6.01 Å². The topological polar surface area (TPSA) is 70.5 Å². The highest BCUT2D eigenvalue weighted by molar-refractivity contribution is 5.41. The van der Waals surface area contributed by atoms with E-state index in [0.717, 1.165) is 57.7 Å². The van der Waals surface area contributed by atoms with Crippen LogP contribution >= 0.6 is 0 Å². The van der Waals surface area contributed by atoms with E-state index in [4.69, 9.17) is 9.72 Å². The van der Waals surface area contributed by atoms with Gasteiger partial charge in [0.25, 0.3) is 0 Å². The molecular formula is C20H29N7O. The monoisotopic (exact) mass is 383 g/mol. The number of anilines is 2. The Labute approximate surface area is 166 Å². The van der Waals surface area contributed by atoms with E-state index in [2.05, 4.69) is 35.7 Å². The number of piperazine rings is 1. The molecule has 28 heavy (non-hydrogen) atoms. The van der Waals surface area contributed by atoms with Crippen molar-refractivity contribution >= 4 is 11.9 Å². The number of nitrogens with zero attached hydrogens (tertiary/aromatic N) is 7. The Morgan fingerprint density at radius 3 is 2.14 bits per heavy atom. The lowest BCUT2D eigenvalue weighted by molar-refractivity contribution is 0.248. The minimum atomic E-state index is 0.405. The number of methoxy groups -OCH3 is 1. The molecule has 0 radical (unpaired) electrons. The van der Waals surface area contributed by atoms with Gasteiger partial charge in [0, 0.05) is 58.2 Å². The first-order valence-electron chi connectivity index (χ1n) is 10.2. The molecule has 0 spiro atoms. The van der Waals surface area contributed by atoms with Gasteiger partial charge in [-0.1, -0.05) is 18.9 Å². The van der Waals surface area contributed by atoms with E-state index in [9.17, 15) is 0 Å². The van der Waals surface area contributed by atoms with Gasteiger partial charge in [-0.3, -0.25) is 9.88 Å². The fraction of sp³-hybridized carbons (Fsp3) is 0.600. The summed E-state index contributed by atoms with van der Waals surface area (Å²) in [5, 5.41) is 0. The highest BCUT2D eigenvalue weighted by atomic mass is 16.5. The predicted octanol–water partition coefficient (Wildman–Crippen LogP) is 1.98. The van der Waals surface area contributed by atoms with E-state index in [1.807, 2.05) is 18.5 Å². The third-order valence-electron chi connectivity index (χ3n) is 5.45. The molecule has 0 bridgehead atoms. The summed E-state index contributed by atoms with van der Waals surface area (Å²) in [5.74, 6) is 1.48. The fourth-order valence-corrected chi connectivity index (χ4v) is 3.84. The van der Waals surface area contributed by atoms with Gasteiger partial charge in [-0.05, 0) is 24.5 Å². The normalized spacial score (nSPS) is 18.8. The van der Waals surface area contributed by atoms with Crippen LogP contribution in [0.3, 0.4) is 0 Å². The lowest BCUT2D eigenvalue weighted by Gasteiger charge is -2.35. The zero-order chi connectivity index (χ0) is 19.2. The summed E-state index contributed by atoms with van der Waals surface area (Å²) >= 11 is 0. The van der Waals surface area contributed by atoms with Crippen LogP contribution in [0.25, 0.3) is 0 Å². The third-order valence-corrected chi connectivity index (χ3v) is 5.45. The Hall–Kier alpha value is -2.48. The number of hydrogen-bond donors (Lipinski definition) is 0. The molecule has 0 N–H and O–H groups in total. The van der Waals surface area contributed by atoms with Crippen LogP contribution < -0.4 is 14.5 Å². The highest BCUT2D eigenvalue weighted by Gasteiger charge is 2.22. The van der Waals surface area contributed by atoms with E-state index in [1.165, 1.54) is 31.2 Å². The molecule has 4 rings (SSSR count). The molecule has 4 heterocycles. The van der Waals surface area contributed by atoms with Gasteiger partial charge in [-0.2, -0.15) is 15.0 Å². The summed E-state index contributed by atoms with van der Waals surface area (Å²) in [5.41, 5.74) is 1.25. The number of pyridine rings is 1. The highest BCUT2D eigenvalue weighted by Crippen LogP contribution is 2.22. The number of hydrogen-bond acceptors (Lipinski definition) is 8. The van der Waals surface area contributed by atoms with E-state index < -0.39 is 0 Å². The maximum Gasteiger partial charge on any atom is 0.322 e. The Kier molecular flexibility index (Phi) is 6.16. The minimum Gasteiger partial charge on any atom is -0.467 e. The molecule has 2 aliphatic rings. The van der Waals surface area contributed by atoms with Gasteiger partial charge in [0.05, 0.1) is 7.11 Å². The Morgan fingerprint density at radius 2 is 1.54 bits per heavy atom. The molecular weight excluding hydrogens is 354 g/mol. The van der Waals surface area contributed by atoms with Crippen molar-refractivity contribution < 1.29 is 4.74 Å². The summed E-state index contributed by atoms with van der Waals surface area (Å²) in [4.78, 5) is 25.0. The van der Waals surface area contributed by atoms with Gasteiger partial charge in [-0.25, -0.2) is 0 Å². The maximum absolute atomic E-state index is 5.38. The Bertz CT molecular complexity index is 741. The van der Waals surface area contributed by atoms with Crippen molar-refractivity contribution in [3.05, 3.63) is 30.1 Å². The first kappa shape index (κ1) is 18.9. The van der Waals surface area contributed by atoms with Crippen molar-refractivity contribution in [3.8, 4) is 6.01 Å². The van der Waals surface area contributed by atoms with E-state index in [-0.39, 0.29) is 0 Å². The van der Waals surface area contributed by atoms with Crippen molar-refractivity contribution in [2.24, 2.45) is 0 Å². The smallest absolute Gasteiger partial charge is 0.322 e. The first-order chi connectivity index (χ1) is 13.8. The standard InChI is InChI=1S/C20H29N7O/c1-28-20-23-18(26-9-4-2-3-5-10-26)22-19(24-20)27-13-11-25(12-14-27)16-17-7-6-8-21-15-17/h6-8,15H,2-5,9-14,16H2,1H3. The summed E-state index contributed by atoms with van der Waals surface area (Å²) < 4.78 is 5.38. The predicted molar refractivity (Wildman–Crippen MR) is 109 cm³/mol. The summed E-state index contributed by atoms with van der Waals surface area (Å²) in [6, 6.07) is 4.53. The number of aromatic nitrogens is 4. The SMILES string of the molecule is COc1nc(N2CCCCCC2)nc(N2CCN(Cc3cccnc3)CC2)n1. The lowest BCUT2D eigenvalue weighted by atomic mass is 10.2. The molecule has 0 atom stereocenters. The van der Waals surface area contributed by atoms with Crippen LogP contribution in [-0.2, 0) is 6.54 Å². The van der Waals surface area contributed by atoms with E-state index in [0.29, 0.717) is 6.01 Å². The van der Waals surface area contributed by atoms with Crippen LogP contribution in [0.15, 0.2) is 24.5 Å². The first-order valence-corrected chi connectivity index (χ1v) is 10.2. The van der Waals surface area contributed by atoms with Crippen molar-refractivity contribution in [1.29, 1.82) is 0 Å². The van der Waals surface area contributed by atoms with Gasteiger partial charge < -0.3 is 14.5 Å². The van der Waals surface area contributed by atoms with Gasteiger partial charge in [0.15, 0.2) is 0 Å². The zero-order valence-corrected chi connectivity index (χ0v) is 16.6. The van der Waals surface area contributed by atoms with Crippen LogP contribution in [0.1, 0.15) is 31.2 Å². The average molecular weight is 384 g/mol. The summed E-state index contributed by atoms with van der Waals surface area (Å²) in [6.45, 7) is 6.68. The second-order valence-electron chi connectivity index (χ2n) is 7.45. The Morgan fingerprint density at radius 1 is 0.857 bits per heavy atom. The minimum absolute atomic E-state index is 0.405. The molecule has 0 saturated carbocycles. The largest absolute Gasteiger partial charge is 0.467 e. The molecule has 2 saturated heterocycles. The van der Waals surface area contributed by atoms with Crippen LogP contribution in [0.5, 0.6) is 6.01 Å². The van der Waals surface area contributed by atoms with Crippen molar-refractivity contribution in [2.75, 3.05) is 56.2 Å².